The molecule has 0 fully saturated rings. The minimum absolute atomic E-state index is 0.366. The third-order valence-electron chi connectivity index (χ3n) is 3.18. The van der Waals surface area contributed by atoms with Gasteiger partial charge in [-0.15, -0.1) is 0 Å². The first kappa shape index (κ1) is 20.2. The second-order valence-electron chi connectivity index (χ2n) is 5.05. The molecule has 26 heavy (non-hydrogen) atoms. The number of hydrogen-bond donors (Lipinski definition) is 1. The van der Waals surface area contributed by atoms with Gasteiger partial charge in [-0.2, -0.15) is 5.10 Å². The van der Waals surface area contributed by atoms with Crippen molar-refractivity contribution in [3.63, 3.8) is 0 Å². The Morgan fingerprint density at radius 2 is 1.85 bits per heavy atom. The van der Waals surface area contributed by atoms with Crippen LogP contribution in [0.3, 0.4) is 0 Å². The number of hydrogen-bond acceptors (Lipinski definition) is 4. The van der Waals surface area contributed by atoms with Crippen LogP contribution in [0.2, 0.25) is 0 Å². The molecule has 2 rings (SSSR count). The molecule has 136 valence electrons. The van der Waals surface area contributed by atoms with E-state index in [4.69, 9.17) is 9.47 Å². The number of rotatable bonds is 8. The third-order valence-corrected chi connectivity index (χ3v) is 4.17. The Kier molecular flexibility index (Phi) is 7.87. The highest BCUT2D eigenvalue weighted by molar-refractivity contribution is 9.10. The van der Waals surface area contributed by atoms with Crippen molar-refractivity contribution in [2.75, 3.05) is 13.2 Å². The van der Waals surface area contributed by atoms with Crippen molar-refractivity contribution in [1.29, 1.82) is 0 Å². The van der Waals surface area contributed by atoms with Crippen LogP contribution in [0.4, 0.5) is 0 Å². The lowest BCUT2D eigenvalue weighted by Gasteiger charge is -2.09. The van der Waals surface area contributed by atoms with Crippen LogP contribution < -0.4 is 14.9 Å². The summed E-state index contributed by atoms with van der Waals surface area (Å²) in [6.07, 6.45) is 3.19. The molecule has 0 saturated carbocycles. The lowest BCUT2D eigenvalue weighted by molar-refractivity contribution is 0.0951. The molecule has 0 saturated heterocycles. The van der Waals surface area contributed by atoms with Crippen LogP contribution >= 0.6 is 31.9 Å². The van der Waals surface area contributed by atoms with Gasteiger partial charge in [-0.1, -0.05) is 44.5 Å². The second kappa shape index (κ2) is 10.1. The van der Waals surface area contributed by atoms with E-state index in [-0.39, 0.29) is 5.91 Å². The van der Waals surface area contributed by atoms with E-state index >= 15 is 0 Å². The average Bonchev–Trinajstić information content (AvgIpc) is 2.62. The molecule has 0 unspecified atom stereocenters. The molecule has 2 aromatic rings. The highest BCUT2D eigenvalue weighted by Crippen LogP contribution is 2.24. The Morgan fingerprint density at radius 3 is 2.54 bits per heavy atom. The largest absolute Gasteiger partial charge is 0.493 e. The first-order valence-corrected chi connectivity index (χ1v) is 9.42. The van der Waals surface area contributed by atoms with Crippen LogP contribution in [-0.4, -0.2) is 25.3 Å². The molecule has 0 aliphatic rings. The van der Waals surface area contributed by atoms with Gasteiger partial charge in [-0.05, 0) is 43.3 Å². The fourth-order valence-corrected chi connectivity index (χ4v) is 2.82. The van der Waals surface area contributed by atoms with Crippen LogP contribution in [0.15, 0.2) is 63.1 Å². The number of carbonyl (C=O) groups is 1. The van der Waals surface area contributed by atoms with Gasteiger partial charge in [-0.3, -0.25) is 4.79 Å². The number of nitrogens with zero attached hydrogens (tertiary/aromatic N) is 1. The van der Waals surface area contributed by atoms with Gasteiger partial charge in [0.1, 0.15) is 18.1 Å². The summed E-state index contributed by atoms with van der Waals surface area (Å²) in [7, 11) is 0. The molecule has 0 heterocycles. The Labute approximate surface area is 169 Å². The maximum atomic E-state index is 12.4. The maximum absolute atomic E-state index is 12.4. The van der Waals surface area contributed by atoms with E-state index < -0.39 is 0 Å². The number of halogens is 2. The Hall–Kier alpha value is -2.12. The van der Waals surface area contributed by atoms with Crippen molar-refractivity contribution in [3.05, 3.63) is 69.1 Å². The summed E-state index contributed by atoms with van der Waals surface area (Å²) >= 11 is 6.77. The highest BCUT2D eigenvalue weighted by Gasteiger charge is 2.12. The van der Waals surface area contributed by atoms with Crippen LogP contribution in [0, 0.1) is 0 Å². The molecule has 1 N–H and O–H groups in total. The summed E-state index contributed by atoms with van der Waals surface area (Å²) in [5.41, 5.74) is 3.64. The van der Waals surface area contributed by atoms with Crippen molar-refractivity contribution in [1.82, 2.24) is 5.43 Å². The Bertz CT molecular complexity index is 822. The number of hydrazone groups is 1. The molecule has 1 amide bonds. The highest BCUT2D eigenvalue weighted by atomic mass is 79.9. The molecule has 0 atom stereocenters. The molecule has 0 aliphatic carbocycles. The lowest BCUT2D eigenvalue weighted by Crippen LogP contribution is -2.19. The van der Waals surface area contributed by atoms with E-state index in [9.17, 15) is 4.79 Å². The normalized spacial score (nSPS) is 10.6. The van der Waals surface area contributed by atoms with Crippen LogP contribution in [0.25, 0.3) is 0 Å². The molecule has 0 bridgehead atoms. The van der Waals surface area contributed by atoms with Gasteiger partial charge < -0.3 is 9.47 Å². The molecule has 7 heteroatoms. The van der Waals surface area contributed by atoms with E-state index in [2.05, 4.69) is 49.0 Å². The zero-order valence-electron chi connectivity index (χ0n) is 14.2. The molecule has 0 aromatic heterocycles. The van der Waals surface area contributed by atoms with Crippen LogP contribution in [0.1, 0.15) is 22.8 Å². The second-order valence-corrected chi connectivity index (χ2v) is 6.89. The summed E-state index contributed by atoms with van der Waals surface area (Å²) < 4.78 is 12.7. The molecule has 2 aromatic carbocycles. The summed E-state index contributed by atoms with van der Waals surface area (Å²) in [5, 5.41) is 4.04. The SMILES string of the molecule is C=CCOc1ccc(Br)cc1C=NNC(=O)c1cc(Br)ccc1OCC. The van der Waals surface area contributed by atoms with Gasteiger partial charge in [0, 0.05) is 14.5 Å². The van der Waals surface area contributed by atoms with Crippen molar-refractivity contribution < 1.29 is 14.3 Å². The van der Waals surface area contributed by atoms with Gasteiger partial charge >= 0.3 is 0 Å². The summed E-state index contributed by atoms with van der Waals surface area (Å²) in [6, 6.07) is 10.8. The quantitative estimate of drug-likeness (QED) is 0.330. The molecular weight excluding hydrogens is 464 g/mol. The number of nitrogens with one attached hydrogen (secondary N) is 1. The monoisotopic (exact) mass is 480 g/mol. The van der Waals surface area contributed by atoms with Crippen LogP contribution in [-0.2, 0) is 0 Å². The number of carbonyl (C=O) groups excluding carboxylic acids is 1. The molecule has 0 aliphatic heterocycles. The van der Waals surface area contributed by atoms with E-state index in [0.29, 0.717) is 30.3 Å². The number of amides is 1. The molecule has 0 spiro atoms. The van der Waals surface area contributed by atoms with E-state index in [0.717, 1.165) is 14.5 Å². The van der Waals surface area contributed by atoms with Gasteiger partial charge in [0.05, 0.1) is 18.4 Å². The van der Waals surface area contributed by atoms with Crippen molar-refractivity contribution in [2.24, 2.45) is 5.10 Å². The average molecular weight is 482 g/mol. The maximum Gasteiger partial charge on any atom is 0.275 e. The van der Waals surface area contributed by atoms with E-state index in [1.54, 1.807) is 18.2 Å². The van der Waals surface area contributed by atoms with Gasteiger partial charge in [0.15, 0.2) is 0 Å². The van der Waals surface area contributed by atoms with Crippen LogP contribution in [0.5, 0.6) is 11.5 Å². The third kappa shape index (κ3) is 5.71. The first-order chi connectivity index (χ1) is 12.5. The molecular formula is C19H18Br2N2O3. The smallest absolute Gasteiger partial charge is 0.275 e. The minimum atomic E-state index is -0.366. The Morgan fingerprint density at radius 1 is 1.15 bits per heavy atom. The fraction of sp³-hybridized carbons (Fsp3) is 0.158. The minimum Gasteiger partial charge on any atom is -0.493 e. The Balaban J connectivity index is 2.16. The molecule has 0 radical (unpaired) electrons. The summed E-state index contributed by atoms with van der Waals surface area (Å²) in [6.45, 7) is 6.34. The summed E-state index contributed by atoms with van der Waals surface area (Å²) in [4.78, 5) is 12.4. The molecule has 5 nitrogen and oxygen atoms in total. The van der Waals surface area contributed by atoms with E-state index in [1.807, 2.05) is 31.2 Å². The zero-order chi connectivity index (χ0) is 18.9. The number of ether oxygens (including phenoxy) is 2. The predicted octanol–water partition coefficient (Wildman–Crippen LogP) is 4.94. The van der Waals surface area contributed by atoms with Crippen molar-refractivity contribution in [3.8, 4) is 11.5 Å². The van der Waals surface area contributed by atoms with Gasteiger partial charge in [0.2, 0.25) is 0 Å². The standard InChI is InChI=1S/C19H18Br2N2O3/c1-3-9-26-17-7-5-14(20)10-13(17)12-22-23-19(24)16-11-15(21)6-8-18(16)25-4-2/h3,5-8,10-12H,1,4,9H2,2H3,(H,23,24). The van der Waals surface area contributed by atoms with Gasteiger partial charge in [-0.25, -0.2) is 5.43 Å². The topological polar surface area (TPSA) is 59.9 Å². The van der Waals surface area contributed by atoms with E-state index in [1.165, 1.54) is 6.21 Å². The summed E-state index contributed by atoms with van der Waals surface area (Å²) in [5.74, 6) is 0.777. The zero-order valence-corrected chi connectivity index (χ0v) is 17.3. The van der Waals surface area contributed by atoms with Crippen molar-refractivity contribution in [2.45, 2.75) is 6.92 Å². The fourth-order valence-electron chi connectivity index (χ4n) is 2.08. The first-order valence-electron chi connectivity index (χ1n) is 7.84. The lowest BCUT2D eigenvalue weighted by atomic mass is 10.2. The van der Waals surface area contributed by atoms with Gasteiger partial charge in [0.25, 0.3) is 5.91 Å². The van der Waals surface area contributed by atoms with Crippen molar-refractivity contribution >= 4 is 44.0 Å². The number of benzene rings is 2. The predicted molar refractivity (Wildman–Crippen MR) is 110 cm³/mol.